The van der Waals surface area contributed by atoms with Gasteiger partial charge < -0.3 is 9.32 Å². The third kappa shape index (κ3) is 3.28. The molecule has 0 saturated heterocycles. The van der Waals surface area contributed by atoms with Crippen molar-refractivity contribution in [3.05, 3.63) is 70.3 Å². The largest absolute Gasteiger partial charge is 0.464 e. The molecular weight excluding hydrogens is 358 g/mol. The summed E-state index contributed by atoms with van der Waals surface area (Å²) in [6, 6.07) is 10.1. The molecule has 138 valence electrons. The van der Waals surface area contributed by atoms with Crippen molar-refractivity contribution in [2.75, 3.05) is 7.05 Å². The van der Waals surface area contributed by atoms with E-state index >= 15 is 0 Å². The Morgan fingerprint density at radius 1 is 1.22 bits per heavy atom. The first-order valence-electron chi connectivity index (χ1n) is 8.77. The Hall–Kier alpha value is -2.86. The summed E-state index contributed by atoms with van der Waals surface area (Å²) in [5.41, 5.74) is 4.97. The van der Waals surface area contributed by atoms with Crippen molar-refractivity contribution in [3.63, 3.8) is 0 Å². The van der Waals surface area contributed by atoms with Gasteiger partial charge in [0, 0.05) is 24.2 Å². The molecule has 1 aromatic carbocycles. The Morgan fingerprint density at radius 3 is 2.78 bits per heavy atom. The summed E-state index contributed by atoms with van der Waals surface area (Å²) in [6.07, 6.45) is 1.95. The van der Waals surface area contributed by atoms with Crippen molar-refractivity contribution in [1.82, 2.24) is 14.3 Å². The van der Waals surface area contributed by atoms with E-state index in [1.807, 2.05) is 35.0 Å². The van der Waals surface area contributed by atoms with Crippen LogP contribution < -0.4 is 0 Å². The average molecular weight is 379 g/mol. The van der Waals surface area contributed by atoms with Gasteiger partial charge in [0.1, 0.15) is 17.2 Å². The standard InChI is InChI=1S/C21H21N3O2S/c1-13-5-6-14(2)17(9-13)18-11-24-19(12-27-21(24)22-18)20(25)23(4)10-16-8-7-15(3)26-16/h5-9,11-12H,10H2,1-4H3. The van der Waals surface area contributed by atoms with Gasteiger partial charge in [-0.15, -0.1) is 11.3 Å². The molecular formula is C21H21N3O2S. The van der Waals surface area contributed by atoms with Crippen LogP contribution in [0.5, 0.6) is 0 Å². The Balaban J connectivity index is 1.65. The second kappa shape index (κ2) is 6.70. The zero-order valence-corrected chi connectivity index (χ0v) is 16.6. The molecule has 0 spiro atoms. The van der Waals surface area contributed by atoms with Crippen molar-refractivity contribution < 1.29 is 9.21 Å². The van der Waals surface area contributed by atoms with Gasteiger partial charge in [0.2, 0.25) is 0 Å². The third-order valence-corrected chi connectivity index (χ3v) is 5.47. The third-order valence-electron chi connectivity index (χ3n) is 4.63. The van der Waals surface area contributed by atoms with Crippen LogP contribution in [0.2, 0.25) is 0 Å². The number of amides is 1. The molecule has 0 aliphatic rings. The topological polar surface area (TPSA) is 50.8 Å². The number of aryl methyl sites for hydroxylation is 3. The van der Waals surface area contributed by atoms with Crippen LogP contribution in [0.25, 0.3) is 16.2 Å². The molecule has 1 amide bonds. The number of carbonyl (C=O) groups excluding carboxylic acids is 1. The quantitative estimate of drug-likeness (QED) is 0.509. The highest BCUT2D eigenvalue weighted by Crippen LogP contribution is 2.27. The predicted molar refractivity (Wildman–Crippen MR) is 107 cm³/mol. The molecule has 0 unspecified atom stereocenters. The number of aromatic nitrogens is 2. The van der Waals surface area contributed by atoms with Gasteiger partial charge in [-0.2, -0.15) is 0 Å². The van der Waals surface area contributed by atoms with Crippen LogP contribution in [0, 0.1) is 20.8 Å². The number of fused-ring (bicyclic) bond motifs is 1. The van der Waals surface area contributed by atoms with Gasteiger partial charge in [0.25, 0.3) is 5.91 Å². The second-order valence-electron chi connectivity index (χ2n) is 6.89. The average Bonchev–Trinajstić information content (AvgIpc) is 3.32. The fourth-order valence-corrected chi connectivity index (χ4v) is 4.00. The van der Waals surface area contributed by atoms with Crippen LogP contribution in [0.1, 0.15) is 33.1 Å². The summed E-state index contributed by atoms with van der Waals surface area (Å²) >= 11 is 1.48. The minimum absolute atomic E-state index is 0.0554. The highest BCUT2D eigenvalue weighted by Gasteiger charge is 2.20. The molecule has 0 aliphatic carbocycles. The first-order valence-corrected chi connectivity index (χ1v) is 9.65. The molecule has 0 aliphatic heterocycles. The maximum absolute atomic E-state index is 12.9. The summed E-state index contributed by atoms with van der Waals surface area (Å²) < 4.78 is 7.47. The van der Waals surface area contributed by atoms with Gasteiger partial charge in [0.05, 0.1) is 12.2 Å². The normalized spacial score (nSPS) is 11.3. The maximum Gasteiger partial charge on any atom is 0.271 e. The molecule has 3 heterocycles. The summed E-state index contributed by atoms with van der Waals surface area (Å²) in [7, 11) is 1.78. The van der Waals surface area contributed by atoms with E-state index in [-0.39, 0.29) is 5.91 Å². The molecule has 0 radical (unpaired) electrons. The smallest absolute Gasteiger partial charge is 0.271 e. The number of rotatable bonds is 4. The number of nitrogens with zero attached hydrogens (tertiary/aromatic N) is 3. The summed E-state index contributed by atoms with van der Waals surface area (Å²) in [5.74, 6) is 1.56. The Morgan fingerprint density at radius 2 is 2.04 bits per heavy atom. The molecule has 6 heteroatoms. The van der Waals surface area contributed by atoms with Crippen molar-refractivity contribution in [2.45, 2.75) is 27.3 Å². The van der Waals surface area contributed by atoms with Crippen molar-refractivity contribution in [3.8, 4) is 11.3 Å². The molecule has 0 bridgehead atoms. The lowest BCUT2D eigenvalue weighted by Crippen LogP contribution is -2.26. The number of hydrogen-bond acceptors (Lipinski definition) is 4. The van der Waals surface area contributed by atoms with Crippen LogP contribution in [0.4, 0.5) is 0 Å². The van der Waals surface area contributed by atoms with E-state index < -0.39 is 0 Å². The van der Waals surface area contributed by atoms with Crippen molar-refractivity contribution in [1.29, 1.82) is 0 Å². The summed E-state index contributed by atoms with van der Waals surface area (Å²) in [6.45, 7) is 6.48. The van der Waals surface area contributed by atoms with Crippen LogP contribution in [-0.4, -0.2) is 27.2 Å². The van der Waals surface area contributed by atoms with Crippen LogP contribution in [0.15, 0.2) is 46.3 Å². The monoisotopic (exact) mass is 379 g/mol. The molecule has 3 aromatic heterocycles. The molecule has 0 atom stereocenters. The zero-order valence-electron chi connectivity index (χ0n) is 15.8. The lowest BCUT2D eigenvalue weighted by molar-refractivity contribution is 0.0768. The Bertz CT molecular complexity index is 1140. The first kappa shape index (κ1) is 17.5. The van der Waals surface area contributed by atoms with Gasteiger partial charge in [-0.05, 0) is 44.5 Å². The van der Waals surface area contributed by atoms with Crippen LogP contribution in [0.3, 0.4) is 0 Å². The second-order valence-corrected chi connectivity index (χ2v) is 7.73. The Kier molecular flexibility index (Phi) is 4.36. The first-order chi connectivity index (χ1) is 12.9. The van der Waals surface area contributed by atoms with Crippen molar-refractivity contribution >= 4 is 22.2 Å². The highest BCUT2D eigenvalue weighted by molar-refractivity contribution is 7.15. The minimum atomic E-state index is -0.0554. The van der Waals surface area contributed by atoms with E-state index in [0.29, 0.717) is 12.2 Å². The van der Waals surface area contributed by atoms with E-state index in [9.17, 15) is 4.79 Å². The predicted octanol–water partition coefficient (Wildman–Crippen LogP) is 4.85. The SMILES string of the molecule is Cc1ccc(C)c(-c2cn3c(C(=O)N(C)Cc4ccc(C)o4)csc3n2)c1. The molecule has 27 heavy (non-hydrogen) atoms. The number of imidazole rings is 1. The lowest BCUT2D eigenvalue weighted by Gasteiger charge is -2.15. The van der Waals surface area contributed by atoms with Gasteiger partial charge in [-0.1, -0.05) is 17.7 Å². The molecule has 4 aromatic rings. The van der Waals surface area contributed by atoms with Crippen LogP contribution >= 0.6 is 11.3 Å². The molecule has 5 nitrogen and oxygen atoms in total. The fourth-order valence-electron chi connectivity index (χ4n) is 3.15. The van der Waals surface area contributed by atoms with Gasteiger partial charge in [0.15, 0.2) is 4.96 Å². The number of hydrogen-bond donors (Lipinski definition) is 0. The number of furan rings is 1. The summed E-state index contributed by atoms with van der Waals surface area (Å²) in [5, 5.41) is 1.86. The molecule has 0 fully saturated rings. The van der Waals surface area contributed by atoms with Crippen molar-refractivity contribution in [2.24, 2.45) is 0 Å². The van der Waals surface area contributed by atoms with Crippen LogP contribution in [-0.2, 0) is 6.54 Å². The van der Waals surface area contributed by atoms with E-state index in [1.165, 1.54) is 22.5 Å². The van der Waals surface area contributed by atoms with E-state index in [1.54, 1.807) is 11.9 Å². The number of carbonyl (C=O) groups is 1. The molecule has 0 saturated carbocycles. The van der Waals surface area contributed by atoms with Gasteiger partial charge >= 0.3 is 0 Å². The van der Waals surface area contributed by atoms with E-state index in [0.717, 1.165) is 27.7 Å². The number of benzene rings is 1. The summed E-state index contributed by atoms with van der Waals surface area (Å²) in [4.78, 5) is 20.1. The Labute approximate surface area is 161 Å². The fraction of sp³-hybridized carbons (Fsp3) is 0.238. The highest BCUT2D eigenvalue weighted by atomic mass is 32.1. The maximum atomic E-state index is 12.9. The zero-order chi connectivity index (χ0) is 19.1. The lowest BCUT2D eigenvalue weighted by atomic mass is 10.0. The van der Waals surface area contributed by atoms with E-state index in [4.69, 9.17) is 9.40 Å². The van der Waals surface area contributed by atoms with E-state index in [2.05, 4.69) is 32.0 Å². The molecule has 0 N–H and O–H groups in total. The van der Waals surface area contributed by atoms with Gasteiger partial charge in [-0.25, -0.2) is 4.98 Å². The minimum Gasteiger partial charge on any atom is -0.464 e. The van der Waals surface area contributed by atoms with Gasteiger partial charge in [-0.3, -0.25) is 9.20 Å². The molecule has 4 rings (SSSR count). The number of thiazole rings is 1.